The van der Waals surface area contributed by atoms with Gasteiger partial charge >= 0.3 is 0 Å². The molecule has 3 aromatic rings. The number of hydrogen-bond acceptors (Lipinski definition) is 12. The molecule has 2 aliphatic heterocycles. The molecule has 2 fully saturated rings. The van der Waals surface area contributed by atoms with Gasteiger partial charge in [-0.2, -0.15) is 0 Å². The molecule has 2 aromatic heterocycles. The molecule has 2 aliphatic rings. The first-order valence-corrected chi connectivity index (χ1v) is 14.3. The first-order chi connectivity index (χ1) is 21.0. The Morgan fingerprint density at radius 3 is 1.81 bits per heavy atom. The molecule has 1 aromatic carbocycles. The summed E-state index contributed by atoms with van der Waals surface area (Å²) in [7, 11) is 0. The van der Waals surface area contributed by atoms with E-state index in [4.69, 9.17) is 37.6 Å². The van der Waals surface area contributed by atoms with Gasteiger partial charge in [0.25, 0.3) is 0 Å². The average molecular weight is 603 g/mol. The summed E-state index contributed by atoms with van der Waals surface area (Å²) in [5.41, 5.74) is -0.00416. The first-order valence-electron chi connectivity index (χ1n) is 14.3. The Hall–Kier alpha value is -3.52. The summed E-state index contributed by atoms with van der Waals surface area (Å²) < 4.78 is 38.2. The molecule has 234 valence electrons. The van der Waals surface area contributed by atoms with Gasteiger partial charge in [-0.3, -0.25) is 9.59 Å². The monoisotopic (exact) mass is 602 g/mol. The highest BCUT2D eigenvalue weighted by Gasteiger charge is 2.18. The summed E-state index contributed by atoms with van der Waals surface area (Å²) in [4.78, 5) is 23.7. The lowest BCUT2D eigenvalue weighted by Crippen LogP contribution is -2.22. The Balaban J connectivity index is 0.000000208. The Morgan fingerprint density at radius 2 is 1.28 bits per heavy atom. The van der Waals surface area contributed by atoms with E-state index in [-0.39, 0.29) is 60.9 Å². The number of aliphatic hydroxyl groups excluding tert-OH is 2. The van der Waals surface area contributed by atoms with Crippen molar-refractivity contribution in [3.8, 4) is 11.5 Å². The van der Waals surface area contributed by atoms with Crippen LogP contribution in [0.15, 0.2) is 60.9 Å². The van der Waals surface area contributed by atoms with E-state index in [1.54, 1.807) is 0 Å². The molecule has 12 heteroatoms. The van der Waals surface area contributed by atoms with Crippen molar-refractivity contribution < 1.29 is 47.8 Å². The summed E-state index contributed by atoms with van der Waals surface area (Å²) in [6, 6.07) is 12.0. The van der Waals surface area contributed by atoms with Crippen molar-refractivity contribution in [2.24, 2.45) is 0 Å². The van der Waals surface area contributed by atoms with Crippen molar-refractivity contribution in [1.29, 1.82) is 0 Å². The van der Waals surface area contributed by atoms with E-state index in [0.717, 1.165) is 50.2 Å². The number of aromatic hydroxyl groups is 1. The van der Waals surface area contributed by atoms with Crippen molar-refractivity contribution >= 4 is 0 Å². The largest absolute Gasteiger partial charge is 0.502 e. The van der Waals surface area contributed by atoms with Crippen LogP contribution in [-0.2, 0) is 52.0 Å². The van der Waals surface area contributed by atoms with Gasteiger partial charge in [-0.25, -0.2) is 0 Å². The second-order valence-electron chi connectivity index (χ2n) is 9.98. The molecular formula is C31H38O12. The standard InChI is InChI=1S/C19H22O6.C12H16O6/c20-11-17-19(24-12-14-6-2-1-3-7-14)16(21)10-15(25-17)13-23-18-8-4-5-9-22-18;13-6-10-12(15)9(14)5-8(18-10)7-17-11-3-1-2-4-16-11/h1-3,6-7,10,18,20H,4-5,8-9,11-13H2;5,11,13,15H,1-4,6-7H2. The Labute approximate surface area is 248 Å². The second kappa shape index (κ2) is 16.9. The summed E-state index contributed by atoms with van der Waals surface area (Å²) >= 11 is 0. The maximum absolute atomic E-state index is 12.3. The molecule has 12 nitrogen and oxygen atoms in total. The number of benzene rings is 1. The third-order valence-corrected chi connectivity index (χ3v) is 6.68. The minimum Gasteiger partial charge on any atom is -0.502 e. The molecule has 0 bridgehead atoms. The summed E-state index contributed by atoms with van der Waals surface area (Å²) in [5.74, 6) is 0.0303. The van der Waals surface area contributed by atoms with Crippen LogP contribution in [0.25, 0.3) is 0 Å². The van der Waals surface area contributed by atoms with Gasteiger partial charge in [-0.1, -0.05) is 30.3 Å². The molecular weight excluding hydrogens is 564 g/mol. The van der Waals surface area contributed by atoms with Gasteiger partial charge in [-0.05, 0) is 44.1 Å². The van der Waals surface area contributed by atoms with Gasteiger partial charge in [0, 0.05) is 25.3 Å². The van der Waals surface area contributed by atoms with Crippen molar-refractivity contribution in [2.75, 3.05) is 13.2 Å². The van der Waals surface area contributed by atoms with Crippen molar-refractivity contribution in [1.82, 2.24) is 0 Å². The molecule has 0 saturated carbocycles. The Bertz CT molecular complexity index is 1370. The highest BCUT2D eigenvalue weighted by molar-refractivity contribution is 5.27. The van der Waals surface area contributed by atoms with Gasteiger partial charge in [0.05, 0.1) is 0 Å². The van der Waals surface area contributed by atoms with Gasteiger partial charge in [0.15, 0.2) is 24.1 Å². The zero-order valence-corrected chi connectivity index (χ0v) is 23.9. The van der Waals surface area contributed by atoms with Crippen LogP contribution in [-0.4, -0.2) is 41.1 Å². The van der Waals surface area contributed by atoms with E-state index in [9.17, 15) is 19.8 Å². The predicted molar refractivity (Wildman–Crippen MR) is 151 cm³/mol. The van der Waals surface area contributed by atoms with Crippen LogP contribution in [0.3, 0.4) is 0 Å². The zero-order chi connectivity index (χ0) is 30.4. The van der Waals surface area contributed by atoms with Crippen LogP contribution in [0.1, 0.15) is 67.1 Å². The van der Waals surface area contributed by atoms with Crippen molar-refractivity contribution in [3.05, 3.63) is 91.5 Å². The maximum Gasteiger partial charge on any atom is 0.227 e. The van der Waals surface area contributed by atoms with Gasteiger partial charge in [-0.15, -0.1) is 0 Å². The average Bonchev–Trinajstić information content (AvgIpc) is 3.05. The lowest BCUT2D eigenvalue weighted by molar-refractivity contribution is -0.171. The molecule has 2 unspecified atom stereocenters. The van der Waals surface area contributed by atoms with Crippen molar-refractivity contribution in [3.63, 3.8) is 0 Å². The fourth-order valence-corrected chi connectivity index (χ4v) is 4.44. The normalized spacial score (nSPS) is 18.5. The molecule has 3 N–H and O–H groups in total. The lowest BCUT2D eigenvalue weighted by Gasteiger charge is -2.22. The molecule has 5 rings (SSSR count). The third kappa shape index (κ3) is 10.0. The highest BCUT2D eigenvalue weighted by Crippen LogP contribution is 2.20. The SMILES string of the molecule is O=c1cc(COC2CCCCO2)oc(CO)c1O.O=c1cc(COC2CCCCO2)oc(CO)c1OCc1ccccc1. The molecule has 2 saturated heterocycles. The maximum atomic E-state index is 12.3. The fourth-order valence-electron chi connectivity index (χ4n) is 4.44. The molecule has 43 heavy (non-hydrogen) atoms. The quantitative estimate of drug-likeness (QED) is 0.292. The third-order valence-electron chi connectivity index (χ3n) is 6.68. The molecule has 4 heterocycles. The van der Waals surface area contributed by atoms with Crippen LogP contribution in [0.4, 0.5) is 0 Å². The number of ether oxygens (including phenoxy) is 5. The van der Waals surface area contributed by atoms with Crippen LogP contribution >= 0.6 is 0 Å². The number of hydrogen-bond donors (Lipinski definition) is 3. The van der Waals surface area contributed by atoms with Gasteiger partial charge in [0.2, 0.25) is 22.4 Å². The van der Waals surface area contributed by atoms with E-state index in [1.165, 1.54) is 6.07 Å². The predicted octanol–water partition coefficient (Wildman–Crippen LogP) is 3.64. The minimum atomic E-state index is -0.589. The molecule has 0 aliphatic carbocycles. The van der Waals surface area contributed by atoms with Crippen LogP contribution in [0, 0.1) is 0 Å². The smallest absolute Gasteiger partial charge is 0.227 e. The summed E-state index contributed by atoms with van der Waals surface area (Å²) in [6.45, 7) is 0.820. The zero-order valence-electron chi connectivity index (χ0n) is 23.9. The molecule has 0 spiro atoms. The molecule has 2 atom stereocenters. The molecule has 0 amide bonds. The minimum absolute atomic E-state index is 0.0315. The molecule has 0 radical (unpaired) electrons. The lowest BCUT2D eigenvalue weighted by atomic mass is 10.2. The van der Waals surface area contributed by atoms with Crippen LogP contribution in [0.5, 0.6) is 11.5 Å². The fraction of sp³-hybridized carbons (Fsp3) is 0.484. The Morgan fingerprint density at radius 1 is 0.721 bits per heavy atom. The summed E-state index contributed by atoms with van der Waals surface area (Å²) in [5, 5.41) is 27.7. The summed E-state index contributed by atoms with van der Waals surface area (Å²) in [6.07, 6.45) is 5.26. The van der Waals surface area contributed by atoms with E-state index in [2.05, 4.69) is 0 Å². The highest BCUT2D eigenvalue weighted by atomic mass is 16.7. The van der Waals surface area contributed by atoms with Crippen molar-refractivity contribution in [2.45, 2.75) is 84.1 Å². The van der Waals surface area contributed by atoms with Crippen LogP contribution in [0.2, 0.25) is 0 Å². The topological polar surface area (TPSA) is 167 Å². The van der Waals surface area contributed by atoms with E-state index in [1.807, 2.05) is 30.3 Å². The van der Waals surface area contributed by atoms with E-state index < -0.39 is 24.4 Å². The van der Waals surface area contributed by atoms with Gasteiger partial charge < -0.3 is 47.8 Å². The van der Waals surface area contributed by atoms with E-state index >= 15 is 0 Å². The van der Waals surface area contributed by atoms with E-state index in [0.29, 0.717) is 19.0 Å². The van der Waals surface area contributed by atoms with Gasteiger partial charge in [0.1, 0.15) is 44.6 Å². The van der Waals surface area contributed by atoms with Crippen LogP contribution < -0.4 is 15.6 Å². The Kier molecular flexibility index (Phi) is 12.8. The number of aliphatic hydroxyl groups is 2. The second-order valence-corrected chi connectivity index (χ2v) is 9.98. The first kappa shape index (κ1) is 32.4. The number of rotatable bonds is 11.